The molecule has 0 aromatic carbocycles. The Balaban J connectivity index is 3.50. The van der Waals surface area contributed by atoms with Gasteiger partial charge >= 0.3 is 0 Å². The summed E-state index contributed by atoms with van der Waals surface area (Å²) in [6, 6.07) is 0. The monoisotopic (exact) mass is 135 g/mol. The fourth-order valence-corrected chi connectivity index (χ4v) is 0.722. The molecule has 2 nitrogen and oxygen atoms in total. The van der Waals surface area contributed by atoms with Crippen LogP contribution in [0.4, 0.5) is 4.39 Å². The van der Waals surface area contributed by atoms with E-state index in [1.807, 2.05) is 6.92 Å². The number of ether oxygens (including phenoxy) is 1. The van der Waals surface area contributed by atoms with Gasteiger partial charge in [0.15, 0.2) is 0 Å². The molecule has 0 radical (unpaired) electrons. The minimum absolute atomic E-state index is 0.0480. The summed E-state index contributed by atoms with van der Waals surface area (Å²) in [6.07, 6.45) is -0.663. The Morgan fingerprint density at radius 2 is 2.22 bits per heavy atom. The van der Waals surface area contributed by atoms with Gasteiger partial charge in [-0.2, -0.15) is 0 Å². The van der Waals surface area contributed by atoms with Crippen molar-refractivity contribution >= 4 is 0 Å². The van der Waals surface area contributed by atoms with Gasteiger partial charge in [-0.1, -0.05) is 6.92 Å². The zero-order valence-corrected chi connectivity index (χ0v) is 5.93. The first kappa shape index (κ1) is 8.85. The highest BCUT2D eigenvalue weighted by atomic mass is 19.1. The molecule has 0 saturated heterocycles. The van der Waals surface area contributed by atoms with E-state index in [-0.39, 0.29) is 12.6 Å². The van der Waals surface area contributed by atoms with E-state index in [0.29, 0.717) is 6.42 Å². The van der Waals surface area contributed by atoms with Crippen molar-refractivity contribution in [1.29, 1.82) is 0 Å². The molecular formula is C6H14FNO. The Kier molecular flexibility index (Phi) is 4.62. The van der Waals surface area contributed by atoms with E-state index in [4.69, 9.17) is 10.5 Å². The summed E-state index contributed by atoms with van der Waals surface area (Å²) in [5.74, 6) is 0. The number of hydrogen-bond donors (Lipinski definition) is 1. The van der Waals surface area contributed by atoms with Crippen molar-refractivity contribution in [1.82, 2.24) is 0 Å². The first-order chi connectivity index (χ1) is 4.26. The van der Waals surface area contributed by atoms with Crippen molar-refractivity contribution in [3.63, 3.8) is 0 Å². The molecule has 0 heterocycles. The van der Waals surface area contributed by atoms with Crippen molar-refractivity contribution in [3.8, 4) is 0 Å². The van der Waals surface area contributed by atoms with Crippen LogP contribution < -0.4 is 5.73 Å². The van der Waals surface area contributed by atoms with Crippen LogP contribution in [0.5, 0.6) is 0 Å². The Morgan fingerprint density at radius 3 is 2.33 bits per heavy atom. The van der Waals surface area contributed by atoms with Crippen LogP contribution in [0.15, 0.2) is 0 Å². The third-order valence-electron chi connectivity index (χ3n) is 1.33. The molecule has 0 aliphatic heterocycles. The predicted molar refractivity (Wildman–Crippen MR) is 35.0 cm³/mol. The molecule has 9 heavy (non-hydrogen) atoms. The summed E-state index contributed by atoms with van der Waals surface area (Å²) in [4.78, 5) is 0. The van der Waals surface area contributed by atoms with E-state index in [2.05, 4.69) is 0 Å². The Labute approximate surface area is 55.2 Å². The SMILES string of the molecule is CCC(OC)C(F)CN. The van der Waals surface area contributed by atoms with E-state index < -0.39 is 6.17 Å². The Morgan fingerprint density at radius 1 is 1.67 bits per heavy atom. The molecule has 0 spiro atoms. The third-order valence-corrected chi connectivity index (χ3v) is 1.33. The summed E-state index contributed by atoms with van der Waals surface area (Å²) < 4.78 is 17.3. The second-order valence-electron chi connectivity index (χ2n) is 1.93. The average molecular weight is 135 g/mol. The lowest BCUT2D eigenvalue weighted by Crippen LogP contribution is -2.30. The van der Waals surface area contributed by atoms with Crippen molar-refractivity contribution < 1.29 is 9.13 Å². The molecule has 0 amide bonds. The fourth-order valence-electron chi connectivity index (χ4n) is 0.722. The van der Waals surface area contributed by atoms with Gasteiger partial charge in [-0.25, -0.2) is 4.39 Å². The summed E-state index contributed by atoms with van der Waals surface area (Å²) in [6.45, 7) is 1.92. The van der Waals surface area contributed by atoms with Gasteiger partial charge in [0, 0.05) is 13.7 Å². The standard InChI is InChI=1S/C6H14FNO/c1-3-6(9-2)5(7)4-8/h5-6H,3-4,8H2,1-2H3. The van der Waals surface area contributed by atoms with Crippen molar-refractivity contribution in [2.45, 2.75) is 25.6 Å². The molecule has 0 bridgehead atoms. The summed E-state index contributed by atoms with van der Waals surface area (Å²) in [5.41, 5.74) is 5.07. The molecule has 0 aliphatic carbocycles. The fraction of sp³-hybridized carbons (Fsp3) is 1.00. The summed E-state index contributed by atoms with van der Waals surface area (Å²) in [5, 5.41) is 0. The maximum atomic E-state index is 12.5. The first-order valence-electron chi connectivity index (χ1n) is 3.13. The minimum Gasteiger partial charge on any atom is -0.378 e. The molecule has 2 atom stereocenters. The normalized spacial score (nSPS) is 17.3. The van der Waals surface area contributed by atoms with Gasteiger partial charge in [-0.05, 0) is 6.42 Å². The number of nitrogens with two attached hydrogens (primary N) is 1. The molecule has 0 aliphatic rings. The van der Waals surface area contributed by atoms with Crippen LogP contribution in [0.3, 0.4) is 0 Å². The highest BCUT2D eigenvalue weighted by Crippen LogP contribution is 2.04. The van der Waals surface area contributed by atoms with Crippen molar-refractivity contribution in [2.24, 2.45) is 5.73 Å². The zero-order valence-electron chi connectivity index (χ0n) is 5.93. The average Bonchev–Trinajstić information content (AvgIpc) is 1.90. The molecule has 56 valence electrons. The number of hydrogen-bond acceptors (Lipinski definition) is 2. The number of halogens is 1. The number of methoxy groups -OCH3 is 1. The molecule has 0 fully saturated rings. The summed E-state index contributed by atoms with van der Waals surface area (Å²) in [7, 11) is 1.50. The van der Waals surface area contributed by atoms with Gasteiger partial charge in [0.25, 0.3) is 0 Å². The van der Waals surface area contributed by atoms with Crippen LogP contribution in [-0.4, -0.2) is 25.9 Å². The predicted octanol–water partition coefficient (Wildman–Crippen LogP) is 0.708. The van der Waals surface area contributed by atoms with Crippen molar-refractivity contribution in [2.75, 3.05) is 13.7 Å². The highest BCUT2D eigenvalue weighted by molar-refractivity contribution is 4.67. The van der Waals surface area contributed by atoms with Crippen LogP contribution in [0, 0.1) is 0 Å². The second kappa shape index (κ2) is 4.70. The van der Waals surface area contributed by atoms with Crippen LogP contribution >= 0.6 is 0 Å². The lowest BCUT2D eigenvalue weighted by molar-refractivity contribution is 0.0336. The van der Waals surface area contributed by atoms with Crippen molar-refractivity contribution in [3.05, 3.63) is 0 Å². The lowest BCUT2D eigenvalue weighted by Gasteiger charge is -2.15. The van der Waals surface area contributed by atoms with E-state index >= 15 is 0 Å². The van der Waals surface area contributed by atoms with E-state index in [1.165, 1.54) is 7.11 Å². The van der Waals surface area contributed by atoms with Gasteiger partial charge in [0.05, 0.1) is 6.10 Å². The second-order valence-corrected chi connectivity index (χ2v) is 1.93. The topological polar surface area (TPSA) is 35.2 Å². The van der Waals surface area contributed by atoms with Gasteiger partial charge in [0.1, 0.15) is 6.17 Å². The van der Waals surface area contributed by atoms with Crippen LogP contribution in [-0.2, 0) is 4.74 Å². The molecular weight excluding hydrogens is 121 g/mol. The number of alkyl halides is 1. The van der Waals surface area contributed by atoms with Gasteiger partial charge in [-0.3, -0.25) is 0 Å². The lowest BCUT2D eigenvalue weighted by atomic mass is 10.2. The smallest absolute Gasteiger partial charge is 0.138 e. The molecule has 2 unspecified atom stereocenters. The molecule has 3 heteroatoms. The minimum atomic E-state index is -1.01. The van der Waals surface area contributed by atoms with Crippen LogP contribution in [0.25, 0.3) is 0 Å². The Bertz CT molecular complexity index is 66.1. The molecule has 2 N–H and O–H groups in total. The van der Waals surface area contributed by atoms with E-state index in [9.17, 15) is 4.39 Å². The largest absolute Gasteiger partial charge is 0.378 e. The summed E-state index contributed by atoms with van der Waals surface area (Å²) >= 11 is 0. The third kappa shape index (κ3) is 2.77. The van der Waals surface area contributed by atoms with Crippen LogP contribution in [0.2, 0.25) is 0 Å². The molecule has 0 saturated carbocycles. The van der Waals surface area contributed by atoms with Gasteiger partial charge in [0.2, 0.25) is 0 Å². The van der Waals surface area contributed by atoms with Crippen LogP contribution in [0.1, 0.15) is 13.3 Å². The first-order valence-corrected chi connectivity index (χ1v) is 3.13. The molecule has 0 aromatic heterocycles. The molecule has 0 aromatic rings. The van der Waals surface area contributed by atoms with E-state index in [1.54, 1.807) is 0 Å². The maximum absolute atomic E-state index is 12.5. The highest BCUT2D eigenvalue weighted by Gasteiger charge is 2.15. The maximum Gasteiger partial charge on any atom is 0.138 e. The zero-order chi connectivity index (χ0) is 7.28. The van der Waals surface area contributed by atoms with Gasteiger partial charge < -0.3 is 10.5 Å². The van der Waals surface area contributed by atoms with E-state index in [0.717, 1.165) is 0 Å². The molecule has 0 rings (SSSR count). The number of rotatable bonds is 4. The quantitative estimate of drug-likeness (QED) is 0.616. The van der Waals surface area contributed by atoms with Gasteiger partial charge in [-0.15, -0.1) is 0 Å². The Hall–Kier alpha value is -0.150.